The average Bonchev–Trinajstić information content (AvgIpc) is 3.06. The number of nitrogens with one attached hydrogen (secondary N) is 1. The Hall–Kier alpha value is -2.13. The Morgan fingerprint density at radius 1 is 1.14 bits per heavy atom. The molecule has 0 fully saturated rings. The lowest BCUT2D eigenvalue weighted by Gasteiger charge is -2.13. The molecule has 0 aliphatic heterocycles. The molecule has 3 rings (SSSR count). The van der Waals surface area contributed by atoms with Crippen LogP contribution in [-0.2, 0) is 4.79 Å². The number of hydrogen-bond acceptors (Lipinski definition) is 6. The van der Waals surface area contributed by atoms with Gasteiger partial charge in [-0.25, -0.2) is 4.68 Å². The van der Waals surface area contributed by atoms with E-state index in [0.717, 1.165) is 23.1 Å². The summed E-state index contributed by atoms with van der Waals surface area (Å²) in [5.41, 5.74) is 1.14. The van der Waals surface area contributed by atoms with Gasteiger partial charge in [0.15, 0.2) is 5.82 Å². The van der Waals surface area contributed by atoms with E-state index in [-0.39, 0.29) is 16.0 Å². The zero-order valence-electron chi connectivity index (χ0n) is 15.3. The summed E-state index contributed by atoms with van der Waals surface area (Å²) in [6.45, 7) is 1.72. The molecule has 0 spiro atoms. The van der Waals surface area contributed by atoms with E-state index in [1.165, 1.54) is 16.8 Å². The molecule has 3 aromatic rings. The fourth-order valence-corrected chi connectivity index (χ4v) is 3.72. The van der Waals surface area contributed by atoms with E-state index in [9.17, 15) is 4.79 Å². The first-order chi connectivity index (χ1) is 13.8. The molecule has 2 aromatic carbocycles. The van der Waals surface area contributed by atoms with E-state index in [1.54, 1.807) is 26.2 Å². The van der Waals surface area contributed by atoms with Crippen LogP contribution < -0.4 is 15.9 Å². The quantitative estimate of drug-likeness (QED) is 0.305. The fourth-order valence-electron chi connectivity index (χ4n) is 2.36. The molecule has 1 atom stereocenters. The van der Waals surface area contributed by atoms with Crippen LogP contribution in [0.1, 0.15) is 6.92 Å². The van der Waals surface area contributed by atoms with Gasteiger partial charge in [-0.1, -0.05) is 46.6 Å². The largest absolute Gasteiger partial charge is 0.497 e. The molecule has 29 heavy (non-hydrogen) atoms. The van der Waals surface area contributed by atoms with Gasteiger partial charge in [0.1, 0.15) is 5.75 Å². The monoisotopic (exact) mass is 471 g/mol. The highest BCUT2D eigenvalue weighted by molar-refractivity contribution is 8.00. The first-order valence-corrected chi connectivity index (χ1v) is 10.3. The molecule has 1 amide bonds. The van der Waals surface area contributed by atoms with Crippen molar-refractivity contribution in [1.29, 1.82) is 0 Å². The van der Waals surface area contributed by atoms with Crippen LogP contribution in [0.4, 0.5) is 5.69 Å². The molecule has 1 heterocycles. The van der Waals surface area contributed by atoms with Gasteiger partial charge >= 0.3 is 0 Å². The van der Waals surface area contributed by atoms with E-state index in [2.05, 4.69) is 15.5 Å². The van der Waals surface area contributed by atoms with E-state index in [0.29, 0.717) is 21.7 Å². The highest BCUT2D eigenvalue weighted by Gasteiger charge is 2.21. The molecule has 152 valence electrons. The minimum absolute atomic E-state index is 0.286. The smallest absolute Gasteiger partial charge is 0.237 e. The van der Waals surface area contributed by atoms with Gasteiger partial charge < -0.3 is 15.9 Å². The molecule has 0 saturated heterocycles. The van der Waals surface area contributed by atoms with Crippen molar-refractivity contribution in [3.8, 4) is 17.1 Å². The summed E-state index contributed by atoms with van der Waals surface area (Å²) >= 11 is 19.2. The Kier molecular flexibility index (Phi) is 6.79. The van der Waals surface area contributed by atoms with Crippen molar-refractivity contribution >= 4 is 58.2 Å². The van der Waals surface area contributed by atoms with E-state index < -0.39 is 5.25 Å². The van der Waals surface area contributed by atoms with Crippen molar-refractivity contribution in [2.24, 2.45) is 0 Å². The summed E-state index contributed by atoms with van der Waals surface area (Å²) in [7, 11) is 1.59. The first kappa shape index (κ1) is 21.6. The number of anilines is 1. The second-order valence-corrected chi connectivity index (χ2v) is 8.43. The molecule has 1 unspecified atom stereocenters. The van der Waals surface area contributed by atoms with Crippen LogP contribution in [-0.4, -0.2) is 33.1 Å². The van der Waals surface area contributed by atoms with Gasteiger partial charge in [0.2, 0.25) is 11.1 Å². The summed E-state index contributed by atoms with van der Waals surface area (Å²) in [5.74, 6) is 7.01. The predicted octanol–water partition coefficient (Wildman–Crippen LogP) is 4.75. The minimum Gasteiger partial charge on any atom is -0.497 e. The first-order valence-electron chi connectivity index (χ1n) is 8.27. The lowest BCUT2D eigenvalue weighted by atomic mass is 10.2. The Balaban J connectivity index is 1.72. The number of carbonyl (C=O) groups excluding carboxylic acids is 1. The van der Waals surface area contributed by atoms with E-state index in [4.69, 9.17) is 45.4 Å². The third-order valence-electron chi connectivity index (χ3n) is 3.93. The van der Waals surface area contributed by atoms with Gasteiger partial charge in [0.25, 0.3) is 0 Å². The third-order valence-corrected chi connectivity index (χ3v) is 6.02. The van der Waals surface area contributed by atoms with Gasteiger partial charge in [-0.15, -0.1) is 10.2 Å². The summed E-state index contributed by atoms with van der Waals surface area (Å²) in [4.78, 5) is 12.5. The molecular weight excluding hydrogens is 457 g/mol. The van der Waals surface area contributed by atoms with Crippen LogP contribution in [0.25, 0.3) is 11.4 Å². The third kappa shape index (κ3) is 4.90. The minimum atomic E-state index is -0.532. The maximum atomic E-state index is 12.5. The van der Waals surface area contributed by atoms with Crippen molar-refractivity contribution < 1.29 is 9.53 Å². The number of nitrogens with zero attached hydrogens (tertiary/aromatic N) is 3. The standard InChI is InChI=1S/C18H16Cl3N5O2S/c1-9(17(27)23-15-8-13(20)12(19)7-14(15)21)29-18-25-24-16(26(18)22)10-3-5-11(28-2)6-4-10/h3-9H,22H2,1-2H3,(H,23,27). The predicted molar refractivity (Wildman–Crippen MR) is 118 cm³/mol. The second-order valence-electron chi connectivity index (χ2n) is 5.90. The average molecular weight is 473 g/mol. The second kappa shape index (κ2) is 9.13. The summed E-state index contributed by atoms with van der Waals surface area (Å²) in [5, 5.41) is 11.7. The number of carbonyl (C=O) groups is 1. The zero-order chi connectivity index (χ0) is 21.1. The molecule has 7 nitrogen and oxygen atoms in total. The molecule has 11 heteroatoms. The summed E-state index contributed by atoms with van der Waals surface area (Å²) < 4.78 is 6.48. The van der Waals surface area contributed by atoms with Crippen LogP contribution in [0.2, 0.25) is 15.1 Å². The summed E-state index contributed by atoms with van der Waals surface area (Å²) in [6.07, 6.45) is 0. The van der Waals surface area contributed by atoms with Crippen molar-refractivity contribution in [3.05, 3.63) is 51.5 Å². The Labute approximate surface area is 186 Å². The maximum Gasteiger partial charge on any atom is 0.237 e. The van der Waals surface area contributed by atoms with Gasteiger partial charge in [-0.05, 0) is 43.3 Å². The van der Waals surface area contributed by atoms with Crippen LogP contribution in [0.3, 0.4) is 0 Å². The number of nitrogens with two attached hydrogens (primary N) is 1. The number of ether oxygens (including phenoxy) is 1. The van der Waals surface area contributed by atoms with Crippen LogP contribution >= 0.6 is 46.6 Å². The van der Waals surface area contributed by atoms with Gasteiger partial charge in [0.05, 0.1) is 33.1 Å². The summed E-state index contributed by atoms with van der Waals surface area (Å²) in [6, 6.07) is 10.2. The Morgan fingerprint density at radius 2 is 1.79 bits per heavy atom. The number of methoxy groups -OCH3 is 1. The van der Waals surface area contributed by atoms with Crippen LogP contribution in [0, 0.1) is 0 Å². The van der Waals surface area contributed by atoms with E-state index in [1.807, 2.05) is 12.1 Å². The van der Waals surface area contributed by atoms with Crippen molar-refractivity contribution in [2.45, 2.75) is 17.3 Å². The van der Waals surface area contributed by atoms with Crippen molar-refractivity contribution in [2.75, 3.05) is 18.3 Å². The number of halogens is 3. The number of rotatable bonds is 6. The maximum absolute atomic E-state index is 12.5. The molecule has 0 radical (unpaired) electrons. The molecule has 3 N–H and O–H groups in total. The SMILES string of the molecule is COc1ccc(-c2nnc(SC(C)C(=O)Nc3cc(Cl)c(Cl)cc3Cl)n2N)cc1. The van der Waals surface area contributed by atoms with Gasteiger partial charge in [-0.2, -0.15) is 0 Å². The number of amides is 1. The number of nitrogen functional groups attached to an aromatic ring is 1. The number of thioether (sulfide) groups is 1. The topological polar surface area (TPSA) is 95.1 Å². The number of benzene rings is 2. The van der Waals surface area contributed by atoms with Gasteiger partial charge in [0, 0.05) is 5.56 Å². The van der Waals surface area contributed by atoms with E-state index >= 15 is 0 Å². The van der Waals surface area contributed by atoms with Crippen LogP contribution in [0.15, 0.2) is 41.6 Å². The lowest BCUT2D eigenvalue weighted by Crippen LogP contribution is -2.23. The Bertz CT molecular complexity index is 1040. The van der Waals surface area contributed by atoms with Crippen molar-refractivity contribution in [1.82, 2.24) is 14.9 Å². The molecule has 0 bridgehead atoms. The molecule has 0 aliphatic rings. The number of hydrogen-bond donors (Lipinski definition) is 2. The zero-order valence-corrected chi connectivity index (χ0v) is 18.4. The normalized spacial score (nSPS) is 11.9. The molecule has 0 saturated carbocycles. The lowest BCUT2D eigenvalue weighted by molar-refractivity contribution is -0.115. The van der Waals surface area contributed by atoms with Crippen molar-refractivity contribution in [3.63, 3.8) is 0 Å². The van der Waals surface area contributed by atoms with Gasteiger partial charge in [-0.3, -0.25) is 4.79 Å². The highest BCUT2D eigenvalue weighted by atomic mass is 35.5. The fraction of sp³-hybridized carbons (Fsp3) is 0.167. The number of aromatic nitrogens is 3. The Morgan fingerprint density at radius 3 is 2.45 bits per heavy atom. The molecule has 0 aliphatic carbocycles. The molecule has 1 aromatic heterocycles. The molecular formula is C18H16Cl3N5O2S. The highest BCUT2D eigenvalue weighted by Crippen LogP contribution is 2.33. The van der Waals surface area contributed by atoms with Crippen LogP contribution in [0.5, 0.6) is 5.75 Å².